The maximum atomic E-state index is 10.8. The van der Waals surface area contributed by atoms with Crippen LogP contribution in [0.1, 0.15) is 48.5 Å². The highest BCUT2D eigenvalue weighted by Gasteiger charge is 2.33. The van der Waals surface area contributed by atoms with Gasteiger partial charge in [-0.2, -0.15) is 5.26 Å². The van der Waals surface area contributed by atoms with E-state index in [9.17, 15) is 4.79 Å². The maximum absolute atomic E-state index is 10.8. The number of aromatic carboxylic acids is 1. The van der Waals surface area contributed by atoms with E-state index in [0.29, 0.717) is 24.8 Å². The number of carboxylic acid groups (broad SMARTS) is 1. The number of nitrogens with zero attached hydrogens (tertiary/aromatic N) is 2. The molecule has 0 aliphatic heterocycles. The van der Waals surface area contributed by atoms with Crippen molar-refractivity contribution in [2.45, 2.75) is 38.3 Å². The molecule has 5 heteroatoms. The average molecular weight is 248 g/mol. The van der Waals surface area contributed by atoms with Crippen molar-refractivity contribution in [3.8, 4) is 6.07 Å². The predicted molar refractivity (Wildman–Crippen MR) is 64.0 cm³/mol. The van der Waals surface area contributed by atoms with Crippen molar-refractivity contribution in [2.24, 2.45) is 0 Å². The molecule has 1 aromatic rings. The highest BCUT2D eigenvalue weighted by atomic mass is 16.4. The van der Waals surface area contributed by atoms with Crippen LogP contribution in [0.3, 0.4) is 0 Å². The molecule has 18 heavy (non-hydrogen) atoms. The molecule has 1 aliphatic carbocycles. The zero-order chi connectivity index (χ0) is 13.1. The second-order valence-corrected chi connectivity index (χ2v) is 4.56. The van der Waals surface area contributed by atoms with Crippen LogP contribution in [-0.4, -0.2) is 28.6 Å². The number of furan rings is 1. The fourth-order valence-corrected chi connectivity index (χ4v) is 2.13. The summed E-state index contributed by atoms with van der Waals surface area (Å²) in [7, 11) is 0. The summed E-state index contributed by atoms with van der Waals surface area (Å²) in [6.07, 6.45) is 2.76. The summed E-state index contributed by atoms with van der Waals surface area (Å²) in [4.78, 5) is 13.0. The fraction of sp³-hybridized carbons (Fsp3) is 0.538. The summed E-state index contributed by atoms with van der Waals surface area (Å²) in [6.45, 7) is 2.69. The molecule has 1 heterocycles. The summed E-state index contributed by atoms with van der Waals surface area (Å²) in [6, 6.07) is 5.84. The van der Waals surface area contributed by atoms with Gasteiger partial charge in [0, 0.05) is 19.0 Å². The summed E-state index contributed by atoms with van der Waals surface area (Å²) in [5, 5.41) is 17.5. The lowest BCUT2D eigenvalue weighted by Gasteiger charge is -2.26. The molecular weight excluding hydrogens is 232 g/mol. The monoisotopic (exact) mass is 248 g/mol. The first kappa shape index (κ1) is 12.7. The summed E-state index contributed by atoms with van der Waals surface area (Å²) in [5.74, 6) is -0.437. The Kier molecular flexibility index (Phi) is 3.68. The van der Waals surface area contributed by atoms with Crippen molar-refractivity contribution in [3.63, 3.8) is 0 Å². The van der Waals surface area contributed by atoms with Crippen LogP contribution in [0.15, 0.2) is 16.5 Å². The molecular formula is C13H16N2O3. The molecule has 1 aromatic heterocycles. The first-order chi connectivity index (χ1) is 8.63. The van der Waals surface area contributed by atoms with E-state index in [1.165, 1.54) is 6.07 Å². The third-order valence-corrected chi connectivity index (χ3v) is 3.24. The Morgan fingerprint density at radius 1 is 1.67 bits per heavy atom. The second kappa shape index (κ2) is 5.23. The molecule has 96 valence electrons. The number of hydrogen-bond donors (Lipinski definition) is 1. The van der Waals surface area contributed by atoms with E-state index in [-0.39, 0.29) is 11.8 Å². The van der Waals surface area contributed by atoms with Crippen molar-refractivity contribution in [3.05, 3.63) is 23.7 Å². The number of hydrogen-bond acceptors (Lipinski definition) is 4. The van der Waals surface area contributed by atoms with E-state index in [1.807, 2.05) is 6.92 Å². The SMILES string of the molecule is CC(c1ccc(C(=O)O)o1)N(CCC#N)C1CC1. The Morgan fingerprint density at radius 3 is 2.89 bits per heavy atom. The van der Waals surface area contributed by atoms with Gasteiger partial charge in [-0.15, -0.1) is 0 Å². The van der Waals surface area contributed by atoms with Gasteiger partial charge in [-0.25, -0.2) is 4.79 Å². The van der Waals surface area contributed by atoms with E-state index in [4.69, 9.17) is 14.8 Å². The van der Waals surface area contributed by atoms with Gasteiger partial charge in [0.2, 0.25) is 5.76 Å². The first-order valence-corrected chi connectivity index (χ1v) is 6.09. The normalized spacial score (nSPS) is 16.5. The lowest BCUT2D eigenvalue weighted by Crippen LogP contribution is -2.30. The van der Waals surface area contributed by atoms with Crippen LogP contribution < -0.4 is 0 Å². The minimum atomic E-state index is -1.05. The molecule has 1 saturated carbocycles. The van der Waals surface area contributed by atoms with E-state index >= 15 is 0 Å². The minimum Gasteiger partial charge on any atom is -0.475 e. The quantitative estimate of drug-likeness (QED) is 0.836. The van der Waals surface area contributed by atoms with Crippen LogP contribution in [0.2, 0.25) is 0 Å². The van der Waals surface area contributed by atoms with Crippen LogP contribution in [0.4, 0.5) is 0 Å². The van der Waals surface area contributed by atoms with Crippen molar-refractivity contribution in [1.29, 1.82) is 5.26 Å². The Labute approximate surface area is 106 Å². The van der Waals surface area contributed by atoms with Crippen LogP contribution in [0, 0.1) is 11.3 Å². The van der Waals surface area contributed by atoms with E-state index in [2.05, 4.69) is 11.0 Å². The molecule has 5 nitrogen and oxygen atoms in total. The van der Waals surface area contributed by atoms with E-state index in [1.54, 1.807) is 6.07 Å². The highest BCUT2D eigenvalue weighted by molar-refractivity contribution is 5.84. The predicted octanol–water partition coefficient (Wildman–Crippen LogP) is 2.42. The number of carbonyl (C=O) groups is 1. The standard InChI is InChI=1S/C13H16N2O3/c1-9(11-5-6-12(18-11)13(16)17)15(8-2-7-14)10-3-4-10/h5-6,9-10H,2-4,8H2,1H3,(H,16,17). The zero-order valence-corrected chi connectivity index (χ0v) is 10.3. The largest absolute Gasteiger partial charge is 0.475 e. The molecule has 1 N–H and O–H groups in total. The molecule has 0 bridgehead atoms. The molecule has 1 aliphatic rings. The number of nitriles is 1. The topological polar surface area (TPSA) is 77.5 Å². The van der Waals surface area contributed by atoms with Crippen LogP contribution in [0.5, 0.6) is 0 Å². The number of rotatable bonds is 6. The fourth-order valence-electron chi connectivity index (χ4n) is 2.13. The van der Waals surface area contributed by atoms with E-state index in [0.717, 1.165) is 12.8 Å². The van der Waals surface area contributed by atoms with Gasteiger partial charge in [0.15, 0.2) is 0 Å². The zero-order valence-electron chi connectivity index (χ0n) is 10.3. The number of carboxylic acids is 1. The Hall–Kier alpha value is -1.80. The third kappa shape index (κ3) is 2.71. The first-order valence-electron chi connectivity index (χ1n) is 6.09. The molecule has 1 atom stereocenters. The van der Waals surface area contributed by atoms with Gasteiger partial charge in [-0.05, 0) is 31.9 Å². The third-order valence-electron chi connectivity index (χ3n) is 3.24. The summed E-state index contributed by atoms with van der Waals surface area (Å²) < 4.78 is 5.32. The summed E-state index contributed by atoms with van der Waals surface area (Å²) in [5.41, 5.74) is 0. The smallest absolute Gasteiger partial charge is 0.371 e. The Bertz CT molecular complexity index is 471. The van der Waals surface area contributed by atoms with Gasteiger partial charge in [0.05, 0.1) is 12.1 Å². The van der Waals surface area contributed by atoms with Crippen molar-refractivity contribution in [2.75, 3.05) is 6.54 Å². The van der Waals surface area contributed by atoms with Crippen molar-refractivity contribution < 1.29 is 14.3 Å². The maximum Gasteiger partial charge on any atom is 0.371 e. The molecule has 2 rings (SSSR count). The molecule has 0 radical (unpaired) electrons. The van der Waals surface area contributed by atoms with Crippen molar-refractivity contribution >= 4 is 5.97 Å². The molecule has 0 aromatic carbocycles. The Morgan fingerprint density at radius 2 is 2.39 bits per heavy atom. The summed E-state index contributed by atoms with van der Waals surface area (Å²) >= 11 is 0. The second-order valence-electron chi connectivity index (χ2n) is 4.56. The highest BCUT2D eigenvalue weighted by Crippen LogP contribution is 2.34. The van der Waals surface area contributed by atoms with Crippen LogP contribution in [0.25, 0.3) is 0 Å². The minimum absolute atomic E-state index is 0.0129. The van der Waals surface area contributed by atoms with Gasteiger partial charge in [0.25, 0.3) is 0 Å². The van der Waals surface area contributed by atoms with Crippen LogP contribution in [-0.2, 0) is 0 Å². The molecule has 1 unspecified atom stereocenters. The Balaban J connectivity index is 2.09. The molecule has 1 fully saturated rings. The lowest BCUT2D eigenvalue weighted by molar-refractivity contribution is 0.0655. The van der Waals surface area contributed by atoms with Gasteiger partial charge < -0.3 is 9.52 Å². The van der Waals surface area contributed by atoms with Gasteiger partial charge >= 0.3 is 5.97 Å². The van der Waals surface area contributed by atoms with Gasteiger partial charge in [0.1, 0.15) is 5.76 Å². The lowest BCUT2D eigenvalue weighted by atomic mass is 10.2. The molecule has 0 spiro atoms. The van der Waals surface area contributed by atoms with Gasteiger partial charge in [-0.1, -0.05) is 0 Å². The molecule has 0 saturated heterocycles. The van der Waals surface area contributed by atoms with Gasteiger partial charge in [-0.3, -0.25) is 4.90 Å². The van der Waals surface area contributed by atoms with Crippen molar-refractivity contribution in [1.82, 2.24) is 4.90 Å². The average Bonchev–Trinajstić information content (AvgIpc) is 3.05. The van der Waals surface area contributed by atoms with E-state index < -0.39 is 5.97 Å². The molecule has 0 amide bonds. The van der Waals surface area contributed by atoms with Crippen LogP contribution >= 0.6 is 0 Å².